The van der Waals surface area contributed by atoms with E-state index in [2.05, 4.69) is 4.98 Å². The lowest BCUT2D eigenvalue weighted by atomic mass is 10.1. The summed E-state index contributed by atoms with van der Waals surface area (Å²) >= 11 is 0. The van der Waals surface area contributed by atoms with Crippen molar-refractivity contribution < 1.29 is 14.3 Å². The first-order valence-electron chi connectivity index (χ1n) is 3.70. The van der Waals surface area contributed by atoms with E-state index in [4.69, 9.17) is 4.74 Å². The Hall–Kier alpha value is -1.55. The molecule has 0 aliphatic rings. The first-order valence-corrected chi connectivity index (χ1v) is 3.70. The molecule has 0 unspecified atom stereocenters. The van der Waals surface area contributed by atoms with Crippen LogP contribution in [-0.2, 0) is 11.3 Å². The Bertz CT molecular complexity index is 323. The third kappa shape index (κ3) is 2.19. The lowest BCUT2D eigenvalue weighted by Gasteiger charge is -2.00. The third-order valence-corrected chi connectivity index (χ3v) is 1.56. The van der Waals surface area contributed by atoms with Crippen molar-refractivity contribution >= 4 is 12.6 Å². The average molecular weight is 179 g/mol. The molecule has 0 fully saturated rings. The molecule has 0 N–H and O–H groups in total. The number of carbonyl (C=O) groups excluding carboxylic acids is 2. The summed E-state index contributed by atoms with van der Waals surface area (Å²) in [4.78, 5) is 24.7. The molecule has 0 atom stereocenters. The number of aldehydes is 2. The molecule has 4 heteroatoms. The van der Waals surface area contributed by atoms with Gasteiger partial charge in [-0.2, -0.15) is 0 Å². The Kier molecular flexibility index (Phi) is 3.28. The van der Waals surface area contributed by atoms with Gasteiger partial charge in [-0.1, -0.05) is 0 Å². The molecule has 0 saturated carbocycles. The molecule has 1 heterocycles. The monoisotopic (exact) mass is 179 g/mol. The molecule has 1 rings (SSSR count). The molecule has 1 aromatic heterocycles. The maximum atomic E-state index is 10.5. The van der Waals surface area contributed by atoms with E-state index in [1.807, 2.05) is 0 Å². The maximum absolute atomic E-state index is 10.5. The lowest BCUT2D eigenvalue weighted by Crippen LogP contribution is -1.98. The van der Waals surface area contributed by atoms with E-state index in [0.29, 0.717) is 24.7 Å². The van der Waals surface area contributed by atoms with Gasteiger partial charge in [0.2, 0.25) is 0 Å². The number of hydrogen-bond donors (Lipinski definition) is 0. The molecule has 0 spiro atoms. The van der Waals surface area contributed by atoms with Crippen molar-refractivity contribution in [2.45, 2.75) is 6.61 Å². The first-order chi connectivity index (χ1) is 6.31. The van der Waals surface area contributed by atoms with Gasteiger partial charge in [-0.15, -0.1) is 0 Å². The molecule has 13 heavy (non-hydrogen) atoms. The summed E-state index contributed by atoms with van der Waals surface area (Å²) in [6.07, 6.45) is 2.68. The van der Waals surface area contributed by atoms with Gasteiger partial charge in [-0.3, -0.25) is 14.6 Å². The quantitative estimate of drug-likeness (QED) is 0.643. The van der Waals surface area contributed by atoms with E-state index in [1.165, 1.54) is 6.20 Å². The van der Waals surface area contributed by atoms with E-state index in [-0.39, 0.29) is 5.69 Å². The molecule has 1 aromatic rings. The molecule has 0 bridgehead atoms. The zero-order chi connectivity index (χ0) is 9.68. The summed E-state index contributed by atoms with van der Waals surface area (Å²) < 4.78 is 4.86. The zero-order valence-electron chi connectivity index (χ0n) is 7.19. The number of ether oxygens (including phenoxy) is 1. The summed E-state index contributed by atoms with van der Waals surface area (Å²) in [6, 6.07) is 1.59. The van der Waals surface area contributed by atoms with Crippen LogP contribution in [0.4, 0.5) is 0 Å². The molecular weight excluding hydrogens is 170 g/mol. The Morgan fingerprint density at radius 1 is 1.46 bits per heavy atom. The van der Waals surface area contributed by atoms with Crippen LogP contribution in [0, 0.1) is 0 Å². The Labute approximate surface area is 75.5 Å². The van der Waals surface area contributed by atoms with Gasteiger partial charge in [0, 0.05) is 18.9 Å². The minimum absolute atomic E-state index is 0.162. The van der Waals surface area contributed by atoms with Gasteiger partial charge in [-0.25, -0.2) is 0 Å². The summed E-state index contributed by atoms with van der Waals surface area (Å²) in [6.45, 7) is 0.382. The second kappa shape index (κ2) is 4.47. The van der Waals surface area contributed by atoms with E-state index in [1.54, 1.807) is 13.2 Å². The Balaban J connectivity index is 3.05. The Morgan fingerprint density at radius 2 is 2.23 bits per heavy atom. The minimum Gasteiger partial charge on any atom is -0.380 e. The summed E-state index contributed by atoms with van der Waals surface area (Å²) in [5, 5.41) is 0. The first kappa shape index (κ1) is 9.54. The third-order valence-electron chi connectivity index (χ3n) is 1.56. The van der Waals surface area contributed by atoms with Crippen LogP contribution in [0.25, 0.3) is 0 Å². The second-order valence-electron chi connectivity index (χ2n) is 2.49. The molecule has 0 radical (unpaired) electrons. The fourth-order valence-corrected chi connectivity index (χ4v) is 0.976. The minimum atomic E-state index is 0.162. The van der Waals surface area contributed by atoms with Crippen molar-refractivity contribution in [2.75, 3.05) is 7.11 Å². The van der Waals surface area contributed by atoms with Gasteiger partial charge in [0.1, 0.15) is 5.69 Å². The SMILES string of the molecule is COCc1cnc(C=O)c(C=O)c1. The zero-order valence-corrected chi connectivity index (χ0v) is 7.19. The molecular formula is C9H9NO3. The standard InChI is InChI=1S/C9H9NO3/c1-13-6-7-2-8(4-11)9(5-12)10-3-7/h2-5H,6H2,1H3. The molecule has 0 aliphatic heterocycles. The van der Waals surface area contributed by atoms with Crippen LogP contribution in [0.3, 0.4) is 0 Å². The number of rotatable bonds is 4. The second-order valence-corrected chi connectivity index (χ2v) is 2.49. The normalized spacial score (nSPS) is 9.62. The number of pyridine rings is 1. The predicted molar refractivity (Wildman–Crippen MR) is 45.7 cm³/mol. The summed E-state index contributed by atoms with van der Waals surface area (Å²) in [5.74, 6) is 0. The molecule has 0 saturated heterocycles. The van der Waals surface area contributed by atoms with Gasteiger partial charge < -0.3 is 4.74 Å². The van der Waals surface area contributed by atoms with E-state index in [9.17, 15) is 9.59 Å². The highest BCUT2D eigenvalue weighted by Crippen LogP contribution is 2.05. The van der Waals surface area contributed by atoms with Gasteiger partial charge in [0.15, 0.2) is 12.6 Å². The highest BCUT2D eigenvalue weighted by atomic mass is 16.5. The van der Waals surface area contributed by atoms with Crippen molar-refractivity contribution in [3.8, 4) is 0 Å². The van der Waals surface area contributed by atoms with Crippen LogP contribution in [0.15, 0.2) is 12.3 Å². The van der Waals surface area contributed by atoms with Gasteiger partial charge in [0.05, 0.1) is 6.61 Å². The highest BCUT2D eigenvalue weighted by molar-refractivity contribution is 5.88. The molecule has 0 amide bonds. The number of hydrogen-bond acceptors (Lipinski definition) is 4. The van der Waals surface area contributed by atoms with Crippen molar-refractivity contribution in [3.63, 3.8) is 0 Å². The van der Waals surface area contributed by atoms with E-state index in [0.717, 1.165) is 5.56 Å². The van der Waals surface area contributed by atoms with Crippen LogP contribution in [0.2, 0.25) is 0 Å². The fourth-order valence-electron chi connectivity index (χ4n) is 0.976. The van der Waals surface area contributed by atoms with Crippen molar-refractivity contribution in [3.05, 3.63) is 29.1 Å². The average Bonchev–Trinajstić information content (AvgIpc) is 2.18. The van der Waals surface area contributed by atoms with Crippen molar-refractivity contribution in [1.82, 2.24) is 4.98 Å². The van der Waals surface area contributed by atoms with Gasteiger partial charge >= 0.3 is 0 Å². The lowest BCUT2D eigenvalue weighted by molar-refractivity contribution is 0.109. The van der Waals surface area contributed by atoms with Crippen LogP contribution >= 0.6 is 0 Å². The van der Waals surface area contributed by atoms with E-state index < -0.39 is 0 Å². The predicted octanol–water partition coefficient (Wildman–Crippen LogP) is 0.853. The topological polar surface area (TPSA) is 56.3 Å². The molecule has 68 valence electrons. The fraction of sp³-hybridized carbons (Fsp3) is 0.222. The van der Waals surface area contributed by atoms with Gasteiger partial charge in [-0.05, 0) is 11.6 Å². The summed E-state index contributed by atoms with van der Waals surface area (Å²) in [7, 11) is 1.55. The Morgan fingerprint density at radius 3 is 2.77 bits per heavy atom. The number of nitrogens with zero attached hydrogens (tertiary/aromatic N) is 1. The van der Waals surface area contributed by atoms with Crippen molar-refractivity contribution in [1.29, 1.82) is 0 Å². The van der Waals surface area contributed by atoms with Crippen LogP contribution in [-0.4, -0.2) is 24.7 Å². The summed E-state index contributed by atoms with van der Waals surface area (Å²) in [5.41, 5.74) is 1.23. The van der Waals surface area contributed by atoms with Crippen LogP contribution < -0.4 is 0 Å². The number of methoxy groups -OCH3 is 1. The largest absolute Gasteiger partial charge is 0.380 e. The number of aromatic nitrogens is 1. The maximum Gasteiger partial charge on any atom is 0.169 e. The van der Waals surface area contributed by atoms with Crippen LogP contribution in [0.1, 0.15) is 26.4 Å². The van der Waals surface area contributed by atoms with Crippen LogP contribution in [0.5, 0.6) is 0 Å². The smallest absolute Gasteiger partial charge is 0.169 e. The van der Waals surface area contributed by atoms with E-state index >= 15 is 0 Å². The van der Waals surface area contributed by atoms with Crippen molar-refractivity contribution in [2.24, 2.45) is 0 Å². The number of carbonyl (C=O) groups is 2. The molecule has 0 aromatic carbocycles. The molecule has 4 nitrogen and oxygen atoms in total. The van der Waals surface area contributed by atoms with Gasteiger partial charge in [0.25, 0.3) is 0 Å². The molecule has 0 aliphatic carbocycles. The highest BCUT2D eigenvalue weighted by Gasteiger charge is 2.03.